The SMILES string of the molecule is CCSc1ncc(CN2CCC3(CCCN(CC4CC4)C3=O)C2)cn1. The zero-order chi connectivity index (χ0) is 17.3. The van der Waals surface area contributed by atoms with Gasteiger partial charge in [0.1, 0.15) is 0 Å². The van der Waals surface area contributed by atoms with Crippen molar-refractivity contribution < 1.29 is 4.79 Å². The minimum Gasteiger partial charge on any atom is -0.342 e. The molecule has 0 bridgehead atoms. The first-order valence-corrected chi connectivity index (χ1v) is 10.6. The van der Waals surface area contributed by atoms with Gasteiger partial charge in [-0.25, -0.2) is 9.97 Å². The van der Waals surface area contributed by atoms with Gasteiger partial charge in [-0.05, 0) is 50.3 Å². The minimum absolute atomic E-state index is 0.119. The van der Waals surface area contributed by atoms with Crippen LogP contribution in [0.2, 0.25) is 0 Å². The van der Waals surface area contributed by atoms with Crippen molar-refractivity contribution in [3.63, 3.8) is 0 Å². The van der Waals surface area contributed by atoms with E-state index in [0.29, 0.717) is 5.91 Å². The van der Waals surface area contributed by atoms with Crippen LogP contribution in [0.1, 0.15) is 44.6 Å². The van der Waals surface area contributed by atoms with Crippen molar-refractivity contribution >= 4 is 17.7 Å². The van der Waals surface area contributed by atoms with E-state index in [1.54, 1.807) is 11.8 Å². The maximum Gasteiger partial charge on any atom is 0.230 e. The Morgan fingerprint density at radius 3 is 2.76 bits per heavy atom. The average Bonchev–Trinajstić information content (AvgIpc) is 3.34. The number of piperidine rings is 1. The third-order valence-corrected chi connectivity index (χ3v) is 6.55. The summed E-state index contributed by atoms with van der Waals surface area (Å²) < 4.78 is 0. The fourth-order valence-corrected chi connectivity index (χ4v) is 4.81. The van der Waals surface area contributed by atoms with Crippen LogP contribution >= 0.6 is 11.8 Å². The Bertz CT molecular complexity index is 618. The predicted octanol–water partition coefficient (Wildman–Crippen LogP) is 2.81. The highest BCUT2D eigenvalue weighted by Crippen LogP contribution is 2.42. The number of carbonyl (C=O) groups is 1. The molecule has 1 saturated carbocycles. The summed E-state index contributed by atoms with van der Waals surface area (Å²) in [5.74, 6) is 2.21. The second kappa shape index (κ2) is 7.23. The van der Waals surface area contributed by atoms with Crippen LogP contribution in [-0.2, 0) is 11.3 Å². The molecule has 25 heavy (non-hydrogen) atoms. The van der Waals surface area contributed by atoms with E-state index in [0.717, 1.165) is 68.0 Å². The summed E-state index contributed by atoms with van der Waals surface area (Å²) in [5, 5.41) is 0.849. The molecule has 3 fully saturated rings. The van der Waals surface area contributed by atoms with Crippen molar-refractivity contribution in [3.8, 4) is 0 Å². The average molecular weight is 361 g/mol. The fraction of sp³-hybridized carbons (Fsp3) is 0.737. The number of nitrogens with zero attached hydrogens (tertiary/aromatic N) is 4. The minimum atomic E-state index is -0.119. The largest absolute Gasteiger partial charge is 0.342 e. The molecule has 0 aromatic carbocycles. The Kier molecular flexibility index (Phi) is 5.00. The van der Waals surface area contributed by atoms with E-state index in [9.17, 15) is 4.79 Å². The summed E-state index contributed by atoms with van der Waals surface area (Å²) in [6.45, 7) is 6.85. The normalized spacial score (nSPS) is 27.4. The van der Waals surface area contributed by atoms with Gasteiger partial charge in [0.05, 0.1) is 5.41 Å². The lowest BCUT2D eigenvalue weighted by molar-refractivity contribution is -0.145. The summed E-state index contributed by atoms with van der Waals surface area (Å²) in [6, 6.07) is 0. The van der Waals surface area contributed by atoms with E-state index in [4.69, 9.17) is 0 Å². The zero-order valence-corrected chi connectivity index (χ0v) is 15.9. The van der Waals surface area contributed by atoms with Crippen molar-refractivity contribution in [1.29, 1.82) is 0 Å². The maximum atomic E-state index is 13.1. The highest BCUT2D eigenvalue weighted by atomic mass is 32.2. The topological polar surface area (TPSA) is 49.3 Å². The van der Waals surface area contributed by atoms with Crippen molar-refractivity contribution in [2.24, 2.45) is 11.3 Å². The monoisotopic (exact) mass is 360 g/mol. The van der Waals surface area contributed by atoms with E-state index in [1.165, 1.54) is 19.3 Å². The first-order chi connectivity index (χ1) is 12.2. The second-order valence-corrected chi connectivity index (χ2v) is 9.08. The molecule has 6 heteroatoms. The molecule has 5 nitrogen and oxygen atoms in total. The molecule has 1 unspecified atom stereocenters. The number of aromatic nitrogens is 2. The first kappa shape index (κ1) is 17.3. The maximum absolute atomic E-state index is 13.1. The molecule has 1 spiro atoms. The zero-order valence-electron chi connectivity index (χ0n) is 15.1. The predicted molar refractivity (Wildman–Crippen MR) is 99.3 cm³/mol. The van der Waals surface area contributed by atoms with Crippen molar-refractivity contribution in [3.05, 3.63) is 18.0 Å². The highest BCUT2D eigenvalue weighted by molar-refractivity contribution is 7.99. The molecule has 0 radical (unpaired) electrons. The van der Waals surface area contributed by atoms with Crippen LogP contribution in [0.25, 0.3) is 0 Å². The van der Waals surface area contributed by atoms with E-state index < -0.39 is 0 Å². The Morgan fingerprint density at radius 2 is 2.04 bits per heavy atom. The molecule has 1 aromatic heterocycles. The van der Waals surface area contributed by atoms with E-state index >= 15 is 0 Å². The van der Waals surface area contributed by atoms with Gasteiger partial charge in [0.25, 0.3) is 0 Å². The molecule has 1 aromatic rings. The van der Waals surface area contributed by atoms with Crippen LogP contribution in [-0.4, -0.2) is 57.6 Å². The van der Waals surface area contributed by atoms with Crippen molar-refractivity contribution in [1.82, 2.24) is 19.8 Å². The number of rotatable bonds is 6. The third kappa shape index (κ3) is 3.85. The summed E-state index contributed by atoms with van der Waals surface area (Å²) in [4.78, 5) is 26.6. The van der Waals surface area contributed by atoms with Crippen molar-refractivity contribution in [2.45, 2.75) is 50.7 Å². The van der Waals surface area contributed by atoms with Crippen LogP contribution in [0.4, 0.5) is 0 Å². The quantitative estimate of drug-likeness (QED) is 0.577. The van der Waals surface area contributed by atoms with Crippen LogP contribution in [0.3, 0.4) is 0 Å². The van der Waals surface area contributed by atoms with E-state index in [-0.39, 0.29) is 5.41 Å². The number of likely N-dealkylation sites (tertiary alicyclic amines) is 2. The summed E-state index contributed by atoms with van der Waals surface area (Å²) in [6.07, 6.45) is 9.75. The number of carbonyl (C=O) groups excluding carboxylic acids is 1. The van der Waals surface area contributed by atoms with Gasteiger partial charge in [-0.3, -0.25) is 9.69 Å². The van der Waals surface area contributed by atoms with Crippen LogP contribution in [0.5, 0.6) is 0 Å². The summed E-state index contributed by atoms with van der Waals surface area (Å²) in [7, 11) is 0. The lowest BCUT2D eigenvalue weighted by Gasteiger charge is -2.39. The third-order valence-electron chi connectivity index (χ3n) is 5.79. The van der Waals surface area contributed by atoms with Gasteiger partial charge >= 0.3 is 0 Å². The first-order valence-electron chi connectivity index (χ1n) is 9.64. The van der Waals surface area contributed by atoms with Gasteiger partial charge in [-0.15, -0.1) is 0 Å². The summed E-state index contributed by atoms with van der Waals surface area (Å²) >= 11 is 1.67. The van der Waals surface area contributed by atoms with E-state index in [1.807, 2.05) is 12.4 Å². The Balaban J connectivity index is 1.37. The number of hydrogen-bond donors (Lipinski definition) is 0. The van der Waals surface area contributed by atoms with Gasteiger partial charge in [-0.1, -0.05) is 18.7 Å². The number of hydrogen-bond acceptors (Lipinski definition) is 5. The molecule has 2 aliphatic heterocycles. The molecule has 4 rings (SSSR count). The van der Waals surface area contributed by atoms with Gasteiger partial charge in [0.2, 0.25) is 5.91 Å². The Labute approximate surface area is 154 Å². The Morgan fingerprint density at radius 1 is 1.24 bits per heavy atom. The molecule has 2 saturated heterocycles. The van der Waals surface area contributed by atoms with Crippen LogP contribution in [0, 0.1) is 11.3 Å². The number of thioether (sulfide) groups is 1. The molecule has 3 aliphatic rings. The standard InChI is InChI=1S/C19H28N4OS/c1-2-25-18-20-10-16(11-21-18)12-22-9-7-19(14-22)6-3-8-23(17(19)24)13-15-4-5-15/h10-11,15H,2-9,12-14H2,1H3. The smallest absolute Gasteiger partial charge is 0.230 e. The van der Waals surface area contributed by atoms with Gasteiger partial charge < -0.3 is 4.90 Å². The van der Waals surface area contributed by atoms with E-state index in [2.05, 4.69) is 26.7 Å². The highest BCUT2D eigenvalue weighted by Gasteiger charge is 2.48. The lowest BCUT2D eigenvalue weighted by Crippen LogP contribution is -2.50. The van der Waals surface area contributed by atoms with Crippen molar-refractivity contribution in [2.75, 3.05) is 31.9 Å². The van der Waals surface area contributed by atoms with Gasteiger partial charge in [-0.2, -0.15) is 0 Å². The second-order valence-electron chi connectivity index (χ2n) is 7.85. The number of amides is 1. The Hall–Kier alpha value is -1.14. The molecule has 1 aliphatic carbocycles. The van der Waals surface area contributed by atoms with Crippen LogP contribution < -0.4 is 0 Å². The molecule has 3 heterocycles. The summed E-state index contributed by atoms with van der Waals surface area (Å²) in [5.41, 5.74) is 1.03. The van der Waals surface area contributed by atoms with Crippen LogP contribution in [0.15, 0.2) is 17.6 Å². The molecule has 136 valence electrons. The van der Waals surface area contributed by atoms with Gasteiger partial charge in [0.15, 0.2) is 5.16 Å². The lowest BCUT2D eigenvalue weighted by atomic mass is 9.78. The van der Waals surface area contributed by atoms with Gasteiger partial charge in [0, 0.05) is 44.1 Å². The molecular weight excluding hydrogens is 332 g/mol. The fourth-order valence-electron chi connectivity index (χ4n) is 4.30. The molecule has 0 N–H and O–H groups in total. The molecule has 1 amide bonds. The molecule has 1 atom stereocenters. The molecular formula is C19H28N4OS.